The summed E-state index contributed by atoms with van der Waals surface area (Å²) in [6.45, 7) is 11.4. The van der Waals surface area contributed by atoms with E-state index in [-0.39, 0.29) is 30.5 Å². The average molecular weight is 415 g/mol. The second-order valence-corrected chi connectivity index (χ2v) is 9.03. The molecule has 0 aromatic heterocycles. The largest absolute Gasteiger partial charge is 0.392 e. The minimum absolute atomic E-state index is 0.0971. The lowest BCUT2D eigenvalue weighted by Crippen LogP contribution is -2.49. The summed E-state index contributed by atoms with van der Waals surface area (Å²) in [6.07, 6.45) is 9.32. The first-order valence-electron chi connectivity index (χ1n) is 10.7. The van der Waals surface area contributed by atoms with Gasteiger partial charge in [-0.25, -0.2) is 0 Å². The predicted molar refractivity (Wildman–Crippen MR) is 117 cm³/mol. The number of carbonyl (C=O) groups is 1. The highest BCUT2D eigenvalue weighted by atomic mass is 16.7. The van der Waals surface area contributed by atoms with Gasteiger partial charge in [0.25, 0.3) is 0 Å². The lowest BCUT2D eigenvalue weighted by atomic mass is 9.79. The summed E-state index contributed by atoms with van der Waals surface area (Å²) in [5.74, 6) is -1.09. The van der Waals surface area contributed by atoms with Gasteiger partial charge in [-0.3, -0.25) is 4.79 Å². The standard InChI is InChI=1S/C25H34O5/c1-15(2)22(27)7-6-16(3)8-20-9-17(4)12-25(29-20)13-19(14-26)21-11-23(28)18(5)10-24(21)30-25/h8,10,12-13,20-22,24,26-27H,1,6-7,9,11,14H2,2-5H3/b16-8+/t20-,21-,22-,24-,25+/m1/s1. The van der Waals surface area contributed by atoms with Gasteiger partial charge in [0.05, 0.1) is 24.9 Å². The van der Waals surface area contributed by atoms with Crippen LogP contribution < -0.4 is 0 Å². The fourth-order valence-electron chi connectivity index (χ4n) is 4.44. The Morgan fingerprint density at radius 3 is 2.70 bits per heavy atom. The van der Waals surface area contributed by atoms with E-state index in [0.717, 1.165) is 35.1 Å². The highest BCUT2D eigenvalue weighted by Crippen LogP contribution is 2.42. The van der Waals surface area contributed by atoms with E-state index >= 15 is 0 Å². The molecule has 164 valence electrons. The third-order valence-corrected chi connectivity index (χ3v) is 6.18. The van der Waals surface area contributed by atoms with Crippen LogP contribution >= 0.6 is 0 Å². The molecule has 0 unspecified atom stereocenters. The number of carbonyl (C=O) groups excluding carboxylic acids is 1. The maximum absolute atomic E-state index is 12.1. The quantitative estimate of drug-likeness (QED) is 0.644. The van der Waals surface area contributed by atoms with Crippen molar-refractivity contribution in [1.82, 2.24) is 0 Å². The molecule has 5 heteroatoms. The highest BCUT2D eigenvalue weighted by molar-refractivity contribution is 5.96. The zero-order chi connectivity index (χ0) is 22.1. The normalized spacial score (nSPS) is 32.9. The Morgan fingerprint density at radius 2 is 2.03 bits per heavy atom. The van der Waals surface area contributed by atoms with Crippen molar-refractivity contribution in [2.75, 3.05) is 6.61 Å². The minimum atomic E-state index is -1.04. The van der Waals surface area contributed by atoms with Crippen LogP contribution in [0.1, 0.15) is 53.4 Å². The Labute approximate surface area is 179 Å². The van der Waals surface area contributed by atoms with Crippen molar-refractivity contribution in [1.29, 1.82) is 0 Å². The smallest absolute Gasteiger partial charge is 0.209 e. The van der Waals surface area contributed by atoms with E-state index in [1.807, 2.05) is 39.0 Å². The number of Topliss-reactive ketones (excluding diaryl/α,β-unsaturated/α-hetero) is 1. The first-order chi connectivity index (χ1) is 14.1. The fourth-order valence-corrected chi connectivity index (χ4v) is 4.44. The number of fused-ring (bicyclic) bond motifs is 1. The lowest BCUT2D eigenvalue weighted by Gasteiger charge is -2.45. The second-order valence-electron chi connectivity index (χ2n) is 9.03. The molecule has 5 nitrogen and oxygen atoms in total. The maximum Gasteiger partial charge on any atom is 0.209 e. The number of aliphatic hydroxyl groups is 2. The van der Waals surface area contributed by atoms with Crippen molar-refractivity contribution < 1.29 is 24.5 Å². The molecular weight excluding hydrogens is 380 g/mol. The first-order valence-corrected chi connectivity index (χ1v) is 10.7. The van der Waals surface area contributed by atoms with Crippen LogP contribution in [0, 0.1) is 5.92 Å². The Morgan fingerprint density at radius 1 is 1.30 bits per heavy atom. The van der Waals surface area contributed by atoms with Gasteiger partial charge >= 0.3 is 0 Å². The van der Waals surface area contributed by atoms with Crippen molar-refractivity contribution in [3.8, 4) is 0 Å². The highest BCUT2D eigenvalue weighted by Gasteiger charge is 2.45. The molecule has 0 radical (unpaired) electrons. The molecule has 0 aromatic rings. The van der Waals surface area contributed by atoms with Gasteiger partial charge in [0.15, 0.2) is 5.78 Å². The van der Waals surface area contributed by atoms with Gasteiger partial charge in [-0.1, -0.05) is 29.4 Å². The van der Waals surface area contributed by atoms with Gasteiger partial charge in [-0.05, 0) is 76.3 Å². The Bertz CT molecular complexity index is 830. The molecule has 1 spiro atoms. The lowest BCUT2D eigenvalue weighted by molar-refractivity contribution is -0.224. The molecule has 5 atom stereocenters. The van der Waals surface area contributed by atoms with Crippen LogP contribution in [-0.2, 0) is 14.3 Å². The molecule has 0 saturated carbocycles. The van der Waals surface area contributed by atoms with Crippen LogP contribution in [-0.4, -0.2) is 46.7 Å². The molecule has 0 saturated heterocycles. The molecule has 30 heavy (non-hydrogen) atoms. The molecule has 3 aliphatic rings. The summed E-state index contributed by atoms with van der Waals surface area (Å²) in [5, 5.41) is 19.9. The van der Waals surface area contributed by atoms with Crippen LogP contribution in [0.2, 0.25) is 0 Å². The van der Waals surface area contributed by atoms with Crippen molar-refractivity contribution in [2.45, 2.75) is 77.5 Å². The topological polar surface area (TPSA) is 76.0 Å². The van der Waals surface area contributed by atoms with E-state index in [4.69, 9.17) is 9.47 Å². The number of ketones is 1. The molecule has 0 aromatic carbocycles. The Hall–Kier alpha value is -1.79. The van der Waals surface area contributed by atoms with Gasteiger partial charge in [-0.15, -0.1) is 0 Å². The molecule has 0 amide bonds. The number of hydrogen-bond donors (Lipinski definition) is 2. The van der Waals surface area contributed by atoms with Crippen LogP contribution in [0.4, 0.5) is 0 Å². The summed E-state index contributed by atoms with van der Waals surface area (Å²) in [5.41, 5.74) is 4.56. The van der Waals surface area contributed by atoms with E-state index in [9.17, 15) is 15.0 Å². The molecular formula is C25H34O5. The first kappa shape index (κ1) is 22.9. The van der Waals surface area contributed by atoms with Crippen molar-refractivity contribution in [3.05, 3.63) is 58.7 Å². The number of hydrogen-bond acceptors (Lipinski definition) is 5. The molecule has 0 bridgehead atoms. The van der Waals surface area contributed by atoms with Crippen molar-refractivity contribution in [2.24, 2.45) is 5.92 Å². The number of rotatable bonds is 6. The van der Waals surface area contributed by atoms with Gasteiger partial charge in [-0.2, -0.15) is 0 Å². The van der Waals surface area contributed by atoms with Gasteiger partial charge in [0.2, 0.25) is 5.79 Å². The van der Waals surface area contributed by atoms with E-state index in [1.165, 1.54) is 0 Å². The summed E-state index contributed by atoms with van der Waals surface area (Å²) >= 11 is 0. The summed E-state index contributed by atoms with van der Waals surface area (Å²) in [4.78, 5) is 12.1. The fraction of sp³-hybridized carbons (Fsp3) is 0.560. The molecule has 3 rings (SSSR count). The molecule has 2 heterocycles. The van der Waals surface area contributed by atoms with Crippen LogP contribution in [0.25, 0.3) is 0 Å². The summed E-state index contributed by atoms with van der Waals surface area (Å²) in [7, 11) is 0. The zero-order valence-corrected chi connectivity index (χ0v) is 18.5. The van der Waals surface area contributed by atoms with Crippen LogP contribution in [0.5, 0.6) is 0 Å². The molecule has 1 aliphatic carbocycles. The van der Waals surface area contributed by atoms with E-state index < -0.39 is 11.9 Å². The minimum Gasteiger partial charge on any atom is -0.392 e. The van der Waals surface area contributed by atoms with Crippen molar-refractivity contribution in [3.63, 3.8) is 0 Å². The monoisotopic (exact) mass is 414 g/mol. The average Bonchev–Trinajstić information content (AvgIpc) is 2.66. The van der Waals surface area contributed by atoms with E-state index in [2.05, 4.69) is 19.6 Å². The second kappa shape index (κ2) is 9.15. The number of ether oxygens (including phenoxy) is 2. The summed E-state index contributed by atoms with van der Waals surface area (Å²) in [6, 6.07) is 0. The van der Waals surface area contributed by atoms with E-state index in [1.54, 1.807) is 0 Å². The molecule has 0 fully saturated rings. The summed E-state index contributed by atoms with van der Waals surface area (Å²) < 4.78 is 12.8. The maximum atomic E-state index is 12.1. The molecule has 2 aliphatic heterocycles. The zero-order valence-electron chi connectivity index (χ0n) is 18.5. The predicted octanol–water partition coefficient (Wildman–Crippen LogP) is 3.93. The third kappa shape index (κ3) is 5.09. The van der Waals surface area contributed by atoms with Gasteiger partial charge in [0.1, 0.15) is 0 Å². The Balaban J connectivity index is 1.81. The number of aliphatic hydroxyl groups excluding tert-OH is 2. The molecule has 2 N–H and O–H groups in total. The van der Waals surface area contributed by atoms with Gasteiger partial charge < -0.3 is 19.7 Å². The third-order valence-electron chi connectivity index (χ3n) is 6.18. The number of allylic oxidation sites excluding steroid dienone is 2. The van der Waals surface area contributed by atoms with Crippen LogP contribution in [0.3, 0.4) is 0 Å². The van der Waals surface area contributed by atoms with Crippen LogP contribution in [0.15, 0.2) is 58.7 Å². The SMILES string of the molecule is C=C(C)[C@H](O)CC/C(C)=C/[C@@H]1CC(C)=C[C@]2(C=C(CO)[C@H]3CC(=O)C(C)=C[C@H]3O2)O1. The van der Waals surface area contributed by atoms with Crippen molar-refractivity contribution >= 4 is 5.78 Å². The van der Waals surface area contributed by atoms with E-state index in [0.29, 0.717) is 18.4 Å². The Kier molecular flexibility index (Phi) is 6.98. The van der Waals surface area contributed by atoms with Gasteiger partial charge in [0, 0.05) is 12.3 Å².